The largest absolute Gasteiger partial charge is 0.494 e. The Balaban J connectivity index is 1.49. The van der Waals surface area contributed by atoms with E-state index in [0.717, 1.165) is 17.2 Å². The molecule has 0 fully saturated rings. The molecule has 6 nitrogen and oxygen atoms in total. The number of hydrogen-bond acceptors (Lipinski definition) is 4. The molecule has 1 aliphatic heterocycles. The molecule has 4 rings (SSSR count). The van der Waals surface area contributed by atoms with Crippen molar-refractivity contribution >= 4 is 21.6 Å². The van der Waals surface area contributed by atoms with Gasteiger partial charge in [-0.25, -0.2) is 17.2 Å². The van der Waals surface area contributed by atoms with Crippen molar-refractivity contribution in [1.82, 2.24) is 4.90 Å². The molecular formula is C26H26F2N2O4S. The summed E-state index contributed by atoms with van der Waals surface area (Å²) in [5.74, 6) is -1.90. The minimum Gasteiger partial charge on any atom is -0.494 e. The van der Waals surface area contributed by atoms with Crippen LogP contribution in [-0.4, -0.2) is 26.3 Å². The van der Waals surface area contributed by atoms with Gasteiger partial charge >= 0.3 is 0 Å². The number of halogens is 2. The number of anilines is 1. The number of fused-ring (bicyclic) bond motifs is 1. The van der Waals surface area contributed by atoms with Gasteiger partial charge in [-0.15, -0.1) is 0 Å². The number of benzene rings is 3. The summed E-state index contributed by atoms with van der Waals surface area (Å²) in [6, 6.07) is 13.9. The highest BCUT2D eigenvalue weighted by atomic mass is 32.2. The van der Waals surface area contributed by atoms with Gasteiger partial charge in [0.2, 0.25) is 5.91 Å². The standard InChI is InChI=1S/C26H26F2N2O4S/c1-16(2)18-6-4-17(5-7-18)10-25(31)30-14-19-8-9-22(11-20(19)15-30)35(32,33)29-26-23(28)12-21(27)13-24(26)34-3/h4-9,11-13,16,29H,10,14-15H2,1-3H3. The Morgan fingerprint density at radius 2 is 1.71 bits per heavy atom. The minimum absolute atomic E-state index is 0.0563. The fraction of sp³-hybridized carbons (Fsp3) is 0.269. The smallest absolute Gasteiger partial charge is 0.262 e. The molecule has 1 N–H and O–H groups in total. The van der Waals surface area contributed by atoms with Crippen molar-refractivity contribution in [3.63, 3.8) is 0 Å². The predicted molar refractivity (Wildman–Crippen MR) is 129 cm³/mol. The van der Waals surface area contributed by atoms with E-state index in [0.29, 0.717) is 24.1 Å². The molecule has 3 aromatic rings. The van der Waals surface area contributed by atoms with Gasteiger partial charge in [-0.3, -0.25) is 9.52 Å². The van der Waals surface area contributed by atoms with Crippen LogP contribution in [0.5, 0.6) is 5.75 Å². The third-order valence-corrected chi connectivity index (χ3v) is 7.39. The summed E-state index contributed by atoms with van der Waals surface area (Å²) in [7, 11) is -3.01. The molecule has 35 heavy (non-hydrogen) atoms. The highest BCUT2D eigenvalue weighted by molar-refractivity contribution is 7.92. The minimum atomic E-state index is -4.20. The number of rotatable bonds is 7. The summed E-state index contributed by atoms with van der Waals surface area (Å²) in [6.07, 6.45) is 0.253. The molecule has 1 amide bonds. The second kappa shape index (κ2) is 9.65. The Morgan fingerprint density at radius 3 is 2.37 bits per heavy atom. The lowest BCUT2D eigenvalue weighted by molar-refractivity contribution is -0.131. The quantitative estimate of drug-likeness (QED) is 0.496. The fourth-order valence-corrected chi connectivity index (χ4v) is 5.15. The summed E-state index contributed by atoms with van der Waals surface area (Å²) in [5, 5.41) is 0. The lowest BCUT2D eigenvalue weighted by Gasteiger charge is -2.15. The van der Waals surface area contributed by atoms with Crippen LogP contribution in [0.3, 0.4) is 0 Å². The van der Waals surface area contributed by atoms with Crippen LogP contribution in [0.2, 0.25) is 0 Å². The molecule has 0 saturated heterocycles. The molecule has 1 aliphatic rings. The summed E-state index contributed by atoms with van der Waals surface area (Å²) in [6.45, 7) is 4.87. The van der Waals surface area contributed by atoms with Crippen molar-refractivity contribution in [3.8, 4) is 5.75 Å². The van der Waals surface area contributed by atoms with Crippen molar-refractivity contribution in [1.29, 1.82) is 0 Å². The van der Waals surface area contributed by atoms with Crippen molar-refractivity contribution in [2.45, 2.75) is 44.2 Å². The SMILES string of the molecule is COc1cc(F)cc(F)c1NS(=O)(=O)c1ccc2c(c1)CN(C(=O)Cc1ccc(C(C)C)cc1)C2. The zero-order chi connectivity index (χ0) is 25.3. The molecule has 0 radical (unpaired) electrons. The molecular weight excluding hydrogens is 474 g/mol. The van der Waals surface area contributed by atoms with Crippen LogP contribution in [-0.2, 0) is 34.3 Å². The van der Waals surface area contributed by atoms with E-state index in [4.69, 9.17) is 4.74 Å². The van der Waals surface area contributed by atoms with Crippen LogP contribution in [0.15, 0.2) is 59.5 Å². The van der Waals surface area contributed by atoms with E-state index in [-0.39, 0.29) is 29.5 Å². The summed E-state index contributed by atoms with van der Waals surface area (Å²) >= 11 is 0. The van der Waals surface area contributed by atoms with E-state index in [1.807, 2.05) is 24.3 Å². The number of hydrogen-bond donors (Lipinski definition) is 1. The van der Waals surface area contributed by atoms with Gasteiger partial charge in [-0.1, -0.05) is 44.2 Å². The molecule has 0 saturated carbocycles. The first-order chi connectivity index (χ1) is 16.6. The summed E-state index contributed by atoms with van der Waals surface area (Å²) in [4.78, 5) is 14.4. The van der Waals surface area contributed by atoms with Gasteiger partial charge in [0.25, 0.3) is 10.0 Å². The number of amides is 1. The number of carbonyl (C=O) groups excluding carboxylic acids is 1. The maximum Gasteiger partial charge on any atom is 0.262 e. The highest BCUT2D eigenvalue weighted by Gasteiger charge is 2.27. The number of nitrogens with zero attached hydrogens (tertiary/aromatic N) is 1. The molecule has 0 atom stereocenters. The Kier molecular flexibility index (Phi) is 6.80. The zero-order valence-corrected chi connectivity index (χ0v) is 20.5. The number of nitrogens with one attached hydrogen (secondary N) is 1. The molecule has 0 bridgehead atoms. The van der Waals surface area contributed by atoms with Gasteiger partial charge in [0, 0.05) is 25.2 Å². The molecule has 0 unspecified atom stereocenters. The van der Waals surface area contributed by atoms with Crippen LogP contribution in [0, 0.1) is 11.6 Å². The molecule has 0 spiro atoms. The molecule has 3 aromatic carbocycles. The normalized spacial score (nSPS) is 13.1. The maximum atomic E-state index is 14.3. The van der Waals surface area contributed by atoms with Crippen LogP contribution in [0.25, 0.3) is 0 Å². The highest BCUT2D eigenvalue weighted by Crippen LogP contribution is 2.32. The topological polar surface area (TPSA) is 75.7 Å². The van der Waals surface area contributed by atoms with Gasteiger partial charge in [-0.05, 0) is 40.3 Å². The van der Waals surface area contributed by atoms with Gasteiger partial charge in [0.15, 0.2) is 5.82 Å². The van der Waals surface area contributed by atoms with Gasteiger partial charge in [-0.2, -0.15) is 0 Å². The average Bonchev–Trinajstić information content (AvgIpc) is 3.24. The lowest BCUT2D eigenvalue weighted by atomic mass is 10.0. The first-order valence-electron chi connectivity index (χ1n) is 11.1. The average molecular weight is 501 g/mol. The zero-order valence-electron chi connectivity index (χ0n) is 19.6. The third-order valence-electron chi connectivity index (χ3n) is 6.04. The van der Waals surface area contributed by atoms with Crippen molar-refractivity contribution in [2.75, 3.05) is 11.8 Å². The number of sulfonamides is 1. The van der Waals surface area contributed by atoms with Gasteiger partial charge in [0.1, 0.15) is 17.3 Å². The molecule has 184 valence electrons. The van der Waals surface area contributed by atoms with Crippen molar-refractivity contribution < 1.29 is 26.7 Å². The molecule has 0 aliphatic carbocycles. The second-order valence-corrected chi connectivity index (χ2v) is 10.5. The van der Waals surface area contributed by atoms with Crippen molar-refractivity contribution in [2.24, 2.45) is 0 Å². The monoisotopic (exact) mass is 500 g/mol. The molecule has 9 heteroatoms. The van der Waals surface area contributed by atoms with E-state index < -0.39 is 27.3 Å². The molecule has 0 aromatic heterocycles. The van der Waals surface area contributed by atoms with Gasteiger partial charge < -0.3 is 9.64 Å². The first-order valence-corrected chi connectivity index (χ1v) is 12.6. The number of carbonyl (C=O) groups is 1. The third kappa shape index (κ3) is 5.30. The number of ether oxygens (including phenoxy) is 1. The Morgan fingerprint density at radius 1 is 1.03 bits per heavy atom. The fourth-order valence-electron chi connectivity index (χ4n) is 4.02. The van der Waals surface area contributed by atoms with Gasteiger partial charge in [0.05, 0.1) is 18.4 Å². The van der Waals surface area contributed by atoms with Crippen LogP contribution in [0.1, 0.15) is 42.0 Å². The molecule has 1 heterocycles. The van der Waals surface area contributed by atoms with Crippen LogP contribution < -0.4 is 9.46 Å². The van der Waals surface area contributed by atoms with Crippen LogP contribution >= 0.6 is 0 Å². The van der Waals surface area contributed by atoms with E-state index in [2.05, 4.69) is 18.6 Å². The Hall–Kier alpha value is -3.46. The van der Waals surface area contributed by atoms with E-state index in [9.17, 15) is 22.0 Å². The predicted octanol–water partition coefficient (Wildman–Crippen LogP) is 4.98. The Bertz CT molecular complexity index is 1370. The summed E-state index contributed by atoms with van der Waals surface area (Å²) < 4.78 is 60.6. The maximum absolute atomic E-state index is 14.3. The Labute approximate surface area is 203 Å². The van der Waals surface area contributed by atoms with E-state index in [1.54, 1.807) is 11.0 Å². The van der Waals surface area contributed by atoms with Crippen molar-refractivity contribution in [3.05, 3.63) is 88.5 Å². The second-order valence-electron chi connectivity index (χ2n) is 8.82. The first kappa shape index (κ1) is 24.7. The number of methoxy groups -OCH3 is 1. The lowest BCUT2D eigenvalue weighted by Crippen LogP contribution is -2.26. The summed E-state index contributed by atoms with van der Waals surface area (Å²) in [5.41, 5.74) is 3.18. The van der Waals surface area contributed by atoms with E-state index >= 15 is 0 Å². The van der Waals surface area contributed by atoms with E-state index in [1.165, 1.54) is 24.8 Å². The van der Waals surface area contributed by atoms with Crippen LogP contribution in [0.4, 0.5) is 14.5 Å².